The van der Waals surface area contributed by atoms with E-state index in [9.17, 15) is 9.59 Å². The van der Waals surface area contributed by atoms with Crippen LogP contribution in [0.3, 0.4) is 0 Å². The summed E-state index contributed by atoms with van der Waals surface area (Å²) in [7, 11) is 3.47. The number of amides is 1. The fourth-order valence-corrected chi connectivity index (χ4v) is 1.75. The van der Waals surface area contributed by atoms with Gasteiger partial charge < -0.3 is 9.64 Å². The zero-order valence-corrected chi connectivity index (χ0v) is 12.9. The van der Waals surface area contributed by atoms with Crippen molar-refractivity contribution in [2.24, 2.45) is 11.3 Å². The van der Waals surface area contributed by atoms with Crippen molar-refractivity contribution in [2.45, 2.75) is 20.4 Å². The maximum absolute atomic E-state index is 12.1. The first-order valence-electron chi connectivity index (χ1n) is 6.60. The van der Waals surface area contributed by atoms with Crippen molar-refractivity contribution in [3.05, 3.63) is 22.6 Å². The average Bonchev–Trinajstić information content (AvgIpc) is 2.45. The van der Waals surface area contributed by atoms with E-state index in [-0.39, 0.29) is 18.0 Å². The van der Waals surface area contributed by atoms with Crippen molar-refractivity contribution in [3.63, 3.8) is 0 Å². The van der Waals surface area contributed by atoms with E-state index in [1.165, 1.54) is 10.7 Å². The second kappa shape index (κ2) is 7.19. The molecule has 0 aliphatic carbocycles. The summed E-state index contributed by atoms with van der Waals surface area (Å²) < 4.78 is 6.24. The summed E-state index contributed by atoms with van der Waals surface area (Å²) in [5, 5.41) is 4.11. The Labute approximate surface area is 123 Å². The quantitative estimate of drug-likeness (QED) is 0.393. The first-order chi connectivity index (χ1) is 9.81. The molecule has 118 valence electrons. The Hall–Kier alpha value is -1.93. The van der Waals surface area contributed by atoms with Crippen LogP contribution in [0, 0.1) is 5.41 Å². The molecular weight excluding hydrogens is 274 g/mol. The van der Waals surface area contributed by atoms with Gasteiger partial charge in [0.2, 0.25) is 5.91 Å². The number of methoxy groups -OCH3 is 1. The summed E-state index contributed by atoms with van der Waals surface area (Å²) >= 11 is 0. The number of aromatic nitrogens is 2. The van der Waals surface area contributed by atoms with Crippen LogP contribution >= 0.6 is 0 Å². The number of ether oxygens (including phenoxy) is 1. The number of nitrogens with two attached hydrogens (primary N) is 1. The van der Waals surface area contributed by atoms with E-state index in [2.05, 4.69) is 10.5 Å². The highest BCUT2D eigenvalue weighted by atomic mass is 16.5. The van der Waals surface area contributed by atoms with Gasteiger partial charge in [0.05, 0.1) is 30.5 Å². The van der Waals surface area contributed by atoms with E-state index in [4.69, 9.17) is 10.6 Å². The second-order valence-electron chi connectivity index (χ2n) is 5.48. The summed E-state index contributed by atoms with van der Waals surface area (Å²) in [6.45, 7) is 4.76. The van der Waals surface area contributed by atoms with Gasteiger partial charge in [-0.05, 0) is 13.8 Å². The van der Waals surface area contributed by atoms with Gasteiger partial charge in [-0.1, -0.05) is 0 Å². The van der Waals surface area contributed by atoms with E-state index < -0.39 is 5.41 Å². The zero-order valence-electron chi connectivity index (χ0n) is 12.9. The van der Waals surface area contributed by atoms with Gasteiger partial charge in [0, 0.05) is 26.8 Å². The van der Waals surface area contributed by atoms with Crippen molar-refractivity contribution in [2.75, 3.05) is 32.2 Å². The van der Waals surface area contributed by atoms with Crippen molar-refractivity contribution in [1.82, 2.24) is 15.2 Å². The number of hydrazine groups is 1. The van der Waals surface area contributed by atoms with Crippen LogP contribution in [0.25, 0.3) is 0 Å². The molecule has 1 heterocycles. The van der Waals surface area contributed by atoms with E-state index in [0.29, 0.717) is 18.8 Å². The van der Waals surface area contributed by atoms with Crippen LogP contribution in [0.1, 0.15) is 13.8 Å². The lowest BCUT2D eigenvalue weighted by Gasteiger charge is -2.23. The van der Waals surface area contributed by atoms with E-state index in [1.54, 1.807) is 27.2 Å². The van der Waals surface area contributed by atoms with Gasteiger partial charge in [0.1, 0.15) is 0 Å². The third kappa shape index (κ3) is 4.54. The van der Waals surface area contributed by atoms with Crippen molar-refractivity contribution >= 4 is 11.6 Å². The van der Waals surface area contributed by atoms with Gasteiger partial charge >= 0.3 is 0 Å². The Bertz CT molecular complexity index is 541. The molecule has 0 aliphatic heterocycles. The summed E-state index contributed by atoms with van der Waals surface area (Å²) in [4.78, 5) is 25.6. The molecule has 0 saturated carbocycles. The molecule has 21 heavy (non-hydrogen) atoms. The molecule has 0 bridgehead atoms. The highest BCUT2D eigenvalue weighted by Gasteiger charge is 2.28. The molecule has 1 aromatic rings. The minimum Gasteiger partial charge on any atom is -0.383 e. The van der Waals surface area contributed by atoms with Crippen LogP contribution < -0.4 is 21.7 Å². The van der Waals surface area contributed by atoms with Crippen LogP contribution in [0.5, 0.6) is 0 Å². The van der Waals surface area contributed by atoms with Crippen LogP contribution in [-0.2, 0) is 16.1 Å². The number of carbonyl (C=O) groups is 1. The maximum atomic E-state index is 12.1. The lowest BCUT2D eigenvalue weighted by Crippen LogP contribution is -2.45. The standard InChI is InChI=1S/C13H23N5O3/c1-13(2,12(20)16-14)9-18-11(19)7-10(8-15-18)17(3)5-6-21-4/h7-8H,5-6,9,14H2,1-4H3,(H,16,20). The van der Waals surface area contributed by atoms with Gasteiger partial charge in [-0.3, -0.25) is 15.0 Å². The predicted octanol–water partition coefficient (Wildman–Crippen LogP) is -0.658. The van der Waals surface area contributed by atoms with Gasteiger partial charge in [-0.2, -0.15) is 5.10 Å². The number of likely N-dealkylation sites (N-methyl/N-ethyl adjacent to an activating group) is 1. The topological polar surface area (TPSA) is 102 Å². The smallest absolute Gasteiger partial charge is 0.268 e. The first-order valence-corrected chi connectivity index (χ1v) is 6.60. The van der Waals surface area contributed by atoms with Gasteiger partial charge in [0.25, 0.3) is 5.56 Å². The molecule has 0 aliphatic rings. The maximum Gasteiger partial charge on any atom is 0.268 e. The van der Waals surface area contributed by atoms with Crippen LogP contribution in [0.4, 0.5) is 5.69 Å². The number of hydrogen-bond donors (Lipinski definition) is 2. The molecule has 0 atom stereocenters. The number of anilines is 1. The fraction of sp³-hybridized carbons (Fsp3) is 0.615. The Morgan fingerprint density at radius 1 is 1.57 bits per heavy atom. The molecule has 0 unspecified atom stereocenters. The molecule has 0 fully saturated rings. The predicted molar refractivity (Wildman–Crippen MR) is 79.8 cm³/mol. The molecule has 0 spiro atoms. The van der Waals surface area contributed by atoms with Gasteiger partial charge in [-0.25, -0.2) is 10.5 Å². The zero-order chi connectivity index (χ0) is 16.0. The van der Waals surface area contributed by atoms with Crippen LogP contribution in [-0.4, -0.2) is 43.0 Å². The highest BCUT2D eigenvalue weighted by molar-refractivity contribution is 5.81. The molecule has 1 rings (SSSR count). The molecule has 0 saturated heterocycles. The molecular formula is C13H23N5O3. The van der Waals surface area contributed by atoms with E-state index in [1.807, 2.05) is 11.9 Å². The van der Waals surface area contributed by atoms with Crippen molar-refractivity contribution < 1.29 is 9.53 Å². The Morgan fingerprint density at radius 2 is 2.24 bits per heavy atom. The molecule has 1 amide bonds. The fourth-order valence-electron chi connectivity index (χ4n) is 1.75. The summed E-state index contributed by atoms with van der Waals surface area (Å²) in [6.07, 6.45) is 1.59. The minimum atomic E-state index is -0.824. The molecule has 8 heteroatoms. The Kier molecular flexibility index (Phi) is 5.86. The largest absolute Gasteiger partial charge is 0.383 e. The Balaban J connectivity index is 2.89. The molecule has 3 N–H and O–H groups in total. The third-order valence-electron chi connectivity index (χ3n) is 3.22. The second-order valence-corrected chi connectivity index (χ2v) is 5.48. The van der Waals surface area contributed by atoms with Gasteiger partial charge in [0.15, 0.2) is 0 Å². The number of rotatable bonds is 7. The average molecular weight is 297 g/mol. The SMILES string of the molecule is COCCN(C)c1cnn(CC(C)(C)C(=O)NN)c(=O)c1. The summed E-state index contributed by atoms with van der Waals surface area (Å²) in [5.41, 5.74) is 1.70. The number of carbonyl (C=O) groups excluding carboxylic acids is 1. The van der Waals surface area contributed by atoms with Crippen LogP contribution in [0.2, 0.25) is 0 Å². The lowest BCUT2D eigenvalue weighted by atomic mass is 9.93. The third-order valence-corrected chi connectivity index (χ3v) is 3.22. The molecule has 0 aromatic carbocycles. The number of nitrogens with one attached hydrogen (secondary N) is 1. The molecule has 0 radical (unpaired) electrons. The highest BCUT2D eigenvalue weighted by Crippen LogP contribution is 2.17. The molecule has 1 aromatic heterocycles. The number of hydrogen-bond acceptors (Lipinski definition) is 6. The van der Waals surface area contributed by atoms with Crippen molar-refractivity contribution in [3.8, 4) is 0 Å². The Morgan fingerprint density at radius 3 is 2.76 bits per heavy atom. The number of nitrogens with zero attached hydrogens (tertiary/aromatic N) is 3. The first kappa shape index (κ1) is 17.1. The van der Waals surface area contributed by atoms with Crippen LogP contribution in [0.15, 0.2) is 17.1 Å². The van der Waals surface area contributed by atoms with Gasteiger partial charge in [-0.15, -0.1) is 0 Å². The lowest BCUT2D eigenvalue weighted by molar-refractivity contribution is -0.130. The van der Waals surface area contributed by atoms with Crippen molar-refractivity contribution in [1.29, 1.82) is 0 Å². The van der Waals surface area contributed by atoms with E-state index >= 15 is 0 Å². The van der Waals surface area contributed by atoms with E-state index in [0.717, 1.165) is 0 Å². The summed E-state index contributed by atoms with van der Waals surface area (Å²) in [6, 6.07) is 1.49. The minimum absolute atomic E-state index is 0.150. The monoisotopic (exact) mass is 297 g/mol. The summed E-state index contributed by atoms with van der Waals surface area (Å²) in [5.74, 6) is 4.78. The normalized spacial score (nSPS) is 11.3. The molecule has 8 nitrogen and oxygen atoms in total.